The molecule has 102 valence electrons. The number of hydrogen-bond donors (Lipinski definition) is 2. The van der Waals surface area contributed by atoms with Crippen molar-refractivity contribution in [2.24, 2.45) is 0 Å². The minimum Gasteiger partial charge on any atom is -0.332 e. The predicted molar refractivity (Wildman–Crippen MR) is 69.5 cm³/mol. The lowest BCUT2D eigenvalue weighted by Gasteiger charge is -2.26. The molecule has 2 N–H and O–H groups in total. The molecule has 1 aromatic rings. The quantitative estimate of drug-likeness (QED) is 0.752. The van der Waals surface area contributed by atoms with Gasteiger partial charge in [0.25, 0.3) is 0 Å². The number of nitrogens with zero attached hydrogens (tertiary/aromatic N) is 1. The maximum atomic E-state index is 13.5. The molecule has 2 rings (SSSR count). The van der Waals surface area contributed by atoms with Gasteiger partial charge in [-0.15, -0.1) is 0 Å². The summed E-state index contributed by atoms with van der Waals surface area (Å²) in [5, 5.41) is 5.34. The summed E-state index contributed by atoms with van der Waals surface area (Å²) in [4.78, 5) is 25.0. The summed E-state index contributed by atoms with van der Waals surface area (Å²) in [6.45, 7) is 2.19. The van der Waals surface area contributed by atoms with Crippen LogP contribution in [0.4, 0.5) is 10.1 Å². The Labute approximate surface area is 114 Å². The molecule has 1 saturated heterocycles. The van der Waals surface area contributed by atoms with Gasteiger partial charge in [-0.25, -0.2) is 4.39 Å². The number of nitrogens with one attached hydrogen (secondary N) is 2. The van der Waals surface area contributed by atoms with E-state index in [1.807, 2.05) is 0 Å². The zero-order valence-electron chi connectivity index (χ0n) is 10.1. The molecule has 5 nitrogen and oxygen atoms in total. The second-order valence-corrected chi connectivity index (χ2v) is 4.50. The topological polar surface area (TPSA) is 61.4 Å². The van der Waals surface area contributed by atoms with Crippen LogP contribution in [-0.4, -0.2) is 42.9 Å². The highest BCUT2D eigenvalue weighted by Gasteiger charge is 2.24. The number of amides is 2. The van der Waals surface area contributed by atoms with Crippen LogP contribution in [0.3, 0.4) is 0 Å². The first-order chi connectivity index (χ1) is 9.09. The Morgan fingerprint density at radius 2 is 2.00 bits per heavy atom. The number of anilines is 1. The van der Waals surface area contributed by atoms with E-state index in [-0.39, 0.29) is 10.7 Å². The highest BCUT2D eigenvalue weighted by molar-refractivity contribution is 6.41. The van der Waals surface area contributed by atoms with Crippen LogP contribution < -0.4 is 10.6 Å². The summed E-state index contributed by atoms with van der Waals surface area (Å²) >= 11 is 5.77. The van der Waals surface area contributed by atoms with E-state index in [4.69, 9.17) is 11.6 Å². The summed E-state index contributed by atoms with van der Waals surface area (Å²) in [5.41, 5.74) is -0.169. The lowest BCUT2D eigenvalue weighted by Crippen LogP contribution is -2.50. The van der Waals surface area contributed by atoms with E-state index in [2.05, 4.69) is 10.6 Å². The summed E-state index contributed by atoms with van der Waals surface area (Å²) in [6, 6.07) is 4.03. The molecule has 0 bridgehead atoms. The number of halogens is 2. The molecule has 0 saturated carbocycles. The van der Waals surface area contributed by atoms with Crippen molar-refractivity contribution in [1.82, 2.24) is 10.2 Å². The molecule has 0 aliphatic carbocycles. The zero-order valence-corrected chi connectivity index (χ0v) is 10.8. The summed E-state index contributed by atoms with van der Waals surface area (Å²) in [7, 11) is 0. The van der Waals surface area contributed by atoms with Crippen LogP contribution in [-0.2, 0) is 9.59 Å². The second kappa shape index (κ2) is 5.99. The van der Waals surface area contributed by atoms with Crippen molar-refractivity contribution in [2.75, 3.05) is 31.5 Å². The van der Waals surface area contributed by atoms with Crippen molar-refractivity contribution in [3.8, 4) is 0 Å². The summed E-state index contributed by atoms with van der Waals surface area (Å²) in [5.74, 6) is -2.23. The Hall–Kier alpha value is -1.66. The van der Waals surface area contributed by atoms with Gasteiger partial charge in [-0.05, 0) is 12.1 Å². The fourth-order valence-electron chi connectivity index (χ4n) is 1.80. The average Bonchev–Trinajstić information content (AvgIpc) is 2.43. The van der Waals surface area contributed by atoms with Crippen molar-refractivity contribution in [3.05, 3.63) is 29.0 Å². The van der Waals surface area contributed by atoms with Crippen molar-refractivity contribution in [3.63, 3.8) is 0 Å². The summed E-state index contributed by atoms with van der Waals surface area (Å²) in [6.07, 6.45) is 0. The maximum Gasteiger partial charge on any atom is 0.314 e. The number of para-hydroxylation sites is 1. The van der Waals surface area contributed by atoms with Crippen LogP contribution in [0.25, 0.3) is 0 Å². The molecular formula is C12H13ClFN3O2. The van der Waals surface area contributed by atoms with Gasteiger partial charge in [-0.3, -0.25) is 9.59 Å². The van der Waals surface area contributed by atoms with Gasteiger partial charge in [0.1, 0.15) is 5.82 Å². The normalized spacial score (nSPS) is 15.2. The Balaban J connectivity index is 2.06. The molecule has 0 spiro atoms. The van der Waals surface area contributed by atoms with Gasteiger partial charge in [-0.2, -0.15) is 0 Å². The van der Waals surface area contributed by atoms with Crippen LogP contribution >= 0.6 is 11.6 Å². The number of benzene rings is 1. The van der Waals surface area contributed by atoms with Gasteiger partial charge < -0.3 is 15.5 Å². The largest absolute Gasteiger partial charge is 0.332 e. The third-order valence-electron chi connectivity index (χ3n) is 2.80. The SMILES string of the molecule is O=C(Nc1c(F)cccc1Cl)C(=O)N1CCNCC1. The molecule has 19 heavy (non-hydrogen) atoms. The van der Waals surface area contributed by atoms with Crippen LogP contribution in [0.1, 0.15) is 0 Å². The lowest BCUT2D eigenvalue weighted by molar-refractivity contribution is -0.143. The molecule has 0 aromatic heterocycles. The maximum absolute atomic E-state index is 13.5. The minimum absolute atomic E-state index is 0.0569. The summed E-state index contributed by atoms with van der Waals surface area (Å²) < 4.78 is 13.5. The van der Waals surface area contributed by atoms with Crippen LogP contribution in [0.5, 0.6) is 0 Å². The van der Waals surface area contributed by atoms with Crippen LogP contribution in [0.15, 0.2) is 18.2 Å². The molecule has 0 atom stereocenters. The van der Waals surface area contributed by atoms with Gasteiger partial charge >= 0.3 is 11.8 Å². The third-order valence-corrected chi connectivity index (χ3v) is 3.11. The Kier molecular flexibility index (Phi) is 4.34. The van der Waals surface area contributed by atoms with E-state index in [0.29, 0.717) is 26.2 Å². The van der Waals surface area contributed by atoms with Crippen LogP contribution in [0, 0.1) is 5.82 Å². The fraction of sp³-hybridized carbons (Fsp3) is 0.333. The van der Waals surface area contributed by atoms with Crippen molar-refractivity contribution in [2.45, 2.75) is 0 Å². The van der Waals surface area contributed by atoms with E-state index in [1.165, 1.54) is 17.0 Å². The molecule has 1 aromatic carbocycles. The zero-order chi connectivity index (χ0) is 13.8. The first kappa shape index (κ1) is 13.8. The highest BCUT2D eigenvalue weighted by Crippen LogP contribution is 2.24. The Bertz CT molecular complexity index is 483. The van der Waals surface area contributed by atoms with Crippen LogP contribution in [0.2, 0.25) is 5.02 Å². The Morgan fingerprint density at radius 3 is 2.63 bits per heavy atom. The Morgan fingerprint density at radius 1 is 1.32 bits per heavy atom. The molecule has 1 aliphatic rings. The number of piperazine rings is 1. The highest BCUT2D eigenvalue weighted by atomic mass is 35.5. The van der Waals surface area contributed by atoms with E-state index in [9.17, 15) is 14.0 Å². The van der Waals surface area contributed by atoms with Crippen molar-refractivity contribution >= 4 is 29.1 Å². The number of carbonyl (C=O) groups is 2. The number of rotatable bonds is 1. The molecule has 2 amide bonds. The first-order valence-corrected chi connectivity index (χ1v) is 6.22. The predicted octanol–water partition coefficient (Wildman–Crippen LogP) is 0.849. The first-order valence-electron chi connectivity index (χ1n) is 5.84. The number of carbonyl (C=O) groups excluding carboxylic acids is 2. The third kappa shape index (κ3) is 3.21. The molecule has 0 radical (unpaired) electrons. The molecule has 1 fully saturated rings. The van der Waals surface area contributed by atoms with E-state index >= 15 is 0 Å². The lowest BCUT2D eigenvalue weighted by atomic mass is 10.3. The molecule has 1 aliphatic heterocycles. The van der Waals surface area contributed by atoms with Gasteiger partial charge in [0, 0.05) is 26.2 Å². The smallest absolute Gasteiger partial charge is 0.314 e. The average molecular weight is 286 g/mol. The number of hydrogen-bond acceptors (Lipinski definition) is 3. The van der Waals surface area contributed by atoms with Crippen molar-refractivity contribution < 1.29 is 14.0 Å². The van der Waals surface area contributed by atoms with E-state index < -0.39 is 17.6 Å². The van der Waals surface area contributed by atoms with Gasteiger partial charge in [-0.1, -0.05) is 17.7 Å². The molecule has 1 heterocycles. The fourth-order valence-corrected chi connectivity index (χ4v) is 2.01. The second-order valence-electron chi connectivity index (χ2n) is 4.09. The standard InChI is InChI=1S/C12H13ClFN3O2/c13-8-2-1-3-9(14)10(8)16-11(18)12(19)17-6-4-15-5-7-17/h1-3,15H,4-7H2,(H,16,18). The van der Waals surface area contributed by atoms with Crippen molar-refractivity contribution in [1.29, 1.82) is 0 Å². The molecular weight excluding hydrogens is 273 g/mol. The van der Waals surface area contributed by atoms with E-state index in [0.717, 1.165) is 6.07 Å². The van der Waals surface area contributed by atoms with Gasteiger partial charge in [0.2, 0.25) is 0 Å². The molecule has 7 heteroatoms. The minimum atomic E-state index is -0.881. The van der Waals surface area contributed by atoms with Gasteiger partial charge in [0.05, 0.1) is 10.7 Å². The van der Waals surface area contributed by atoms with Gasteiger partial charge in [0.15, 0.2) is 0 Å². The van der Waals surface area contributed by atoms with E-state index in [1.54, 1.807) is 0 Å². The molecule has 0 unspecified atom stereocenters. The monoisotopic (exact) mass is 285 g/mol.